The van der Waals surface area contributed by atoms with Crippen molar-refractivity contribution in [2.45, 2.75) is 51.4 Å². The van der Waals surface area contributed by atoms with Gasteiger partial charge < -0.3 is 0 Å². The van der Waals surface area contributed by atoms with Crippen LogP contribution in [0.3, 0.4) is 0 Å². The Morgan fingerprint density at radius 3 is 1.15 bits per heavy atom. The first-order valence-corrected chi connectivity index (χ1v) is 11.4. The van der Waals surface area contributed by atoms with Crippen LogP contribution >= 0.6 is 17.0 Å². The predicted molar refractivity (Wildman–Crippen MR) is 57.2 cm³/mol. The first kappa shape index (κ1) is 14.5. The maximum atomic E-state index is 4.93. The minimum atomic E-state index is -0.826. The second kappa shape index (κ2) is 13.5. The molecule has 2 rings (SSSR count). The van der Waals surface area contributed by atoms with Crippen molar-refractivity contribution in [3.8, 4) is 0 Å². The Bertz CT molecular complexity index is 55.8. The maximum absolute atomic E-state index is 4.93. The zero-order valence-electron chi connectivity index (χ0n) is 8.07. The Balaban J connectivity index is 0.000000174. The molecule has 2 fully saturated rings. The molecule has 0 aromatic heterocycles. The van der Waals surface area contributed by atoms with Gasteiger partial charge in [0.25, 0.3) is 0 Å². The molecular formula is C10H18Cl2Zr. The molecule has 2 aliphatic rings. The zero-order valence-corrected chi connectivity index (χ0v) is 12.0. The third-order valence-corrected chi connectivity index (χ3v) is 2.16. The van der Waals surface area contributed by atoms with Gasteiger partial charge in [0.2, 0.25) is 0 Å². The number of halogens is 2. The van der Waals surface area contributed by atoms with Crippen LogP contribution in [-0.4, -0.2) is 0 Å². The minimum absolute atomic E-state index is 0.826. The quantitative estimate of drug-likeness (QED) is 0.596. The van der Waals surface area contributed by atoms with Crippen molar-refractivity contribution in [3.63, 3.8) is 0 Å². The second-order valence-corrected chi connectivity index (χ2v) is 6.97. The molecule has 0 saturated heterocycles. The summed E-state index contributed by atoms with van der Waals surface area (Å²) in [6.07, 6.45) is 16.0. The SMILES string of the molecule is C1CCCC1.[CH]1[CH]CCC1.[Cl][Zr][Cl]. The summed E-state index contributed by atoms with van der Waals surface area (Å²) >= 11 is -0.826. The average molecular weight is 300 g/mol. The summed E-state index contributed by atoms with van der Waals surface area (Å²) in [5, 5.41) is 0. The topological polar surface area (TPSA) is 0 Å². The van der Waals surface area contributed by atoms with Crippen molar-refractivity contribution in [1.82, 2.24) is 0 Å². The van der Waals surface area contributed by atoms with Crippen LogP contribution in [0, 0.1) is 12.8 Å². The van der Waals surface area contributed by atoms with Crippen molar-refractivity contribution >= 4 is 17.0 Å². The van der Waals surface area contributed by atoms with E-state index >= 15 is 0 Å². The molecule has 2 saturated carbocycles. The van der Waals surface area contributed by atoms with Gasteiger partial charge in [-0.3, -0.25) is 0 Å². The molecule has 0 nitrogen and oxygen atoms in total. The van der Waals surface area contributed by atoms with Gasteiger partial charge in [0, 0.05) is 0 Å². The number of hydrogen-bond acceptors (Lipinski definition) is 0. The predicted octanol–water partition coefficient (Wildman–Crippen LogP) is 4.91. The second-order valence-electron chi connectivity index (χ2n) is 3.24. The standard InChI is InChI=1S/C5H10.C5H8.2ClH.Zr/c2*1-2-4-5-3-1;;;/h1-5H2;1-2H,3-5H2;2*1H;/q;;;;+2/p-2. The zero-order chi connectivity index (χ0) is 9.78. The first-order chi connectivity index (χ1) is 6.41. The molecule has 3 heteroatoms. The molecule has 0 aliphatic heterocycles. The summed E-state index contributed by atoms with van der Waals surface area (Å²) in [4.78, 5) is 0. The summed E-state index contributed by atoms with van der Waals surface area (Å²) in [6.45, 7) is 0. The van der Waals surface area contributed by atoms with Crippen LogP contribution in [-0.2, 0) is 20.8 Å². The van der Waals surface area contributed by atoms with Gasteiger partial charge in [-0.05, 0) is 25.7 Å². The third kappa shape index (κ3) is 13.5. The Morgan fingerprint density at radius 1 is 0.692 bits per heavy atom. The Labute approximate surface area is 101 Å². The van der Waals surface area contributed by atoms with Crippen LogP contribution in [0.2, 0.25) is 0 Å². The van der Waals surface area contributed by atoms with E-state index in [4.69, 9.17) is 17.0 Å². The normalized spacial score (nSPS) is 19.5. The van der Waals surface area contributed by atoms with E-state index in [1.54, 1.807) is 0 Å². The van der Waals surface area contributed by atoms with Gasteiger partial charge in [-0.15, -0.1) is 0 Å². The van der Waals surface area contributed by atoms with Gasteiger partial charge >= 0.3 is 37.9 Å². The van der Waals surface area contributed by atoms with Gasteiger partial charge in [0.05, 0.1) is 0 Å². The van der Waals surface area contributed by atoms with Crippen molar-refractivity contribution in [3.05, 3.63) is 12.8 Å². The van der Waals surface area contributed by atoms with E-state index in [0.717, 1.165) is 0 Å². The van der Waals surface area contributed by atoms with E-state index in [2.05, 4.69) is 12.8 Å². The molecule has 0 atom stereocenters. The molecule has 0 bridgehead atoms. The van der Waals surface area contributed by atoms with Crippen molar-refractivity contribution in [1.29, 1.82) is 0 Å². The summed E-state index contributed by atoms with van der Waals surface area (Å²) in [5.74, 6) is 0. The van der Waals surface area contributed by atoms with Crippen LogP contribution in [0.25, 0.3) is 0 Å². The average Bonchev–Trinajstić information content (AvgIpc) is 2.85. The van der Waals surface area contributed by atoms with E-state index in [0.29, 0.717) is 0 Å². The van der Waals surface area contributed by atoms with Crippen LogP contribution in [0.1, 0.15) is 51.4 Å². The molecule has 76 valence electrons. The van der Waals surface area contributed by atoms with Gasteiger partial charge in [-0.2, -0.15) is 0 Å². The summed E-state index contributed by atoms with van der Waals surface area (Å²) < 4.78 is 0. The molecule has 2 radical (unpaired) electrons. The van der Waals surface area contributed by atoms with Gasteiger partial charge in [-0.1, -0.05) is 38.5 Å². The number of hydrogen-bond donors (Lipinski definition) is 0. The Morgan fingerprint density at radius 2 is 1.00 bits per heavy atom. The van der Waals surface area contributed by atoms with Crippen molar-refractivity contribution < 1.29 is 20.8 Å². The van der Waals surface area contributed by atoms with Crippen LogP contribution in [0.15, 0.2) is 0 Å². The fraction of sp³-hybridized carbons (Fsp3) is 0.800. The molecule has 0 aromatic rings. The summed E-state index contributed by atoms with van der Waals surface area (Å²) in [7, 11) is 9.87. The molecular weight excluding hydrogens is 282 g/mol. The van der Waals surface area contributed by atoms with E-state index in [1.807, 2.05) is 0 Å². The molecule has 13 heavy (non-hydrogen) atoms. The van der Waals surface area contributed by atoms with E-state index < -0.39 is 20.8 Å². The Kier molecular flexibility index (Phi) is 15.0. The summed E-state index contributed by atoms with van der Waals surface area (Å²) in [6, 6.07) is 0. The van der Waals surface area contributed by atoms with Crippen molar-refractivity contribution in [2.75, 3.05) is 0 Å². The third-order valence-electron chi connectivity index (χ3n) is 2.16. The fourth-order valence-electron chi connectivity index (χ4n) is 1.47. The van der Waals surface area contributed by atoms with Crippen LogP contribution in [0.5, 0.6) is 0 Å². The van der Waals surface area contributed by atoms with E-state index in [9.17, 15) is 0 Å². The molecule has 0 unspecified atom stereocenters. The molecule has 0 N–H and O–H groups in total. The van der Waals surface area contributed by atoms with Gasteiger partial charge in [0.15, 0.2) is 0 Å². The number of rotatable bonds is 0. The summed E-state index contributed by atoms with van der Waals surface area (Å²) in [5.41, 5.74) is 0. The molecule has 0 heterocycles. The van der Waals surface area contributed by atoms with Crippen LogP contribution in [0.4, 0.5) is 0 Å². The van der Waals surface area contributed by atoms with Crippen LogP contribution < -0.4 is 0 Å². The van der Waals surface area contributed by atoms with Crippen molar-refractivity contribution in [2.24, 2.45) is 0 Å². The molecule has 0 spiro atoms. The monoisotopic (exact) mass is 298 g/mol. The first-order valence-electron chi connectivity index (χ1n) is 5.03. The van der Waals surface area contributed by atoms with E-state index in [1.165, 1.54) is 51.4 Å². The Hall–Kier alpha value is 1.46. The molecule has 0 aromatic carbocycles. The fourth-order valence-corrected chi connectivity index (χ4v) is 1.47. The van der Waals surface area contributed by atoms with Gasteiger partial charge in [0.1, 0.15) is 0 Å². The van der Waals surface area contributed by atoms with E-state index in [-0.39, 0.29) is 0 Å². The molecule has 0 amide bonds. The van der Waals surface area contributed by atoms with Gasteiger partial charge in [-0.25, -0.2) is 0 Å². The molecule has 2 aliphatic carbocycles.